The zero-order chi connectivity index (χ0) is 22.8. The monoisotopic (exact) mass is 432 g/mol. The molecular weight excluding hydrogens is 404 g/mol. The molecule has 0 atom stereocenters. The van der Waals surface area contributed by atoms with E-state index in [2.05, 4.69) is 10.6 Å². The van der Waals surface area contributed by atoms with Crippen LogP contribution in [0.3, 0.4) is 0 Å². The number of nitrogens with one attached hydrogen (secondary N) is 2. The van der Waals surface area contributed by atoms with E-state index in [4.69, 9.17) is 9.47 Å². The summed E-state index contributed by atoms with van der Waals surface area (Å²) in [5.41, 5.74) is 3.13. The molecule has 0 aliphatic carbocycles. The lowest BCUT2D eigenvalue weighted by Gasteiger charge is -2.09. The van der Waals surface area contributed by atoms with E-state index >= 15 is 0 Å². The van der Waals surface area contributed by atoms with Crippen molar-refractivity contribution in [3.8, 4) is 11.5 Å². The van der Waals surface area contributed by atoms with E-state index in [0.29, 0.717) is 37.4 Å². The van der Waals surface area contributed by atoms with Gasteiger partial charge in [-0.05, 0) is 73.5 Å². The van der Waals surface area contributed by atoms with Gasteiger partial charge in [-0.15, -0.1) is 0 Å². The zero-order valence-electron chi connectivity index (χ0n) is 18.4. The van der Waals surface area contributed by atoms with Gasteiger partial charge in [0.1, 0.15) is 11.5 Å². The molecule has 0 bridgehead atoms. The third-order valence-corrected chi connectivity index (χ3v) is 4.78. The van der Waals surface area contributed by atoms with Crippen LogP contribution in [0, 0.1) is 0 Å². The summed E-state index contributed by atoms with van der Waals surface area (Å²) >= 11 is 0. The van der Waals surface area contributed by atoms with Crippen molar-refractivity contribution in [2.45, 2.75) is 26.9 Å². The van der Waals surface area contributed by atoms with Crippen molar-refractivity contribution in [3.05, 3.63) is 95.1 Å². The number of hydrogen-bond donors (Lipinski definition) is 2. The minimum atomic E-state index is -0.139. The van der Waals surface area contributed by atoms with Gasteiger partial charge >= 0.3 is 0 Å². The molecular formula is C26H28N2O4. The molecule has 0 radical (unpaired) electrons. The van der Waals surface area contributed by atoms with Gasteiger partial charge < -0.3 is 20.1 Å². The van der Waals surface area contributed by atoms with Crippen molar-refractivity contribution in [3.63, 3.8) is 0 Å². The topological polar surface area (TPSA) is 76.7 Å². The second kappa shape index (κ2) is 11.6. The molecule has 2 amide bonds. The Kier molecular flexibility index (Phi) is 8.26. The molecule has 0 saturated carbocycles. The van der Waals surface area contributed by atoms with Gasteiger partial charge in [0.15, 0.2) is 0 Å². The number of rotatable bonds is 10. The summed E-state index contributed by atoms with van der Waals surface area (Å²) in [6, 6.07) is 21.9. The van der Waals surface area contributed by atoms with Crippen LogP contribution in [0.2, 0.25) is 0 Å². The van der Waals surface area contributed by atoms with Crippen molar-refractivity contribution in [2.75, 3.05) is 13.2 Å². The van der Waals surface area contributed by atoms with Crippen molar-refractivity contribution >= 4 is 11.8 Å². The van der Waals surface area contributed by atoms with Crippen LogP contribution in [0.25, 0.3) is 0 Å². The Hall–Kier alpha value is -3.80. The van der Waals surface area contributed by atoms with E-state index in [0.717, 1.165) is 22.6 Å². The number of carbonyl (C=O) groups is 2. The van der Waals surface area contributed by atoms with E-state index in [1.165, 1.54) is 0 Å². The van der Waals surface area contributed by atoms with Gasteiger partial charge in [-0.3, -0.25) is 9.59 Å². The maximum Gasteiger partial charge on any atom is 0.251 e. The van der Waals surface area contributed by atoms with Crippen LogP contribution in [-0.4, -0.2) is 25.0 Å². The Balaban J connectivity index is 1.46. The predicted molar refractivity (Wildman–Crippen MR) is 124 cm³/mol. The lowest BCUT2D eigenvalue weighted by atomic mass is 10.1. The lowest BCUT2D eigenvalue weighted by molar-refractivity contribution is 0.0942. The minimum Gasteiger partial charge on any atom is -0.494 e. The summed E-state index contributed by atoms with van der Waals surface area (Å²) in [4.78, 5) is 24.6. The van der Waals surface area contributed by atoms with Gasteiger partial charge in [0.05, 0.1) is 13.2 Å². The Morgan fingerprint density at radius 3 is 1.25 bits per heavy atom. The molecule has 3 rings (SSSR count). The van der Waals surface area contributed by atoms with Gasteiger partial charge in [-0.2, -0.15) is 0 Å². The van der Waals surface area contributed by atoms with Crippen molar-refractivity contribution in [1.29, 1.82) is 0 Å². The fraction of sp³-hybridized carbons (Fsp3) is 0.231. The highest BCUT2D eigenvalue weighted by atomic mass is 16.5. The number of hydrogen-bond acceptors (Lipinski definition) is 4. The molecule has 0 aromatic heterocycles. The molecule has 0 spiro atoms. The van der Waals surface area contributed by atoms with Crippen LogP contribution in [0.1, 0.15) is 45.7 Å². The van der Waals surface area contributed by atoms with Crippen LogP contribution in [0.5, 0.6) is 11.5 Å². The number of carbonyl (C=O) groups excluding carboxylic acids is 2. The first-order chi connectivity index (χ1) is 15.6. The van der Waals surface area contributed by atoms with Crippen LogP contribution in [0.15, 0.2) is 72.8 Å². The standard InChI is InChI=1S/C26H28N2O4/c1-3-31-23-13-9-21(10-14-23)25(29)27-17-19-5-7-20(8-6-19)18-28-26(30)22-11-15-24(16-12-22)32-4-2/h5-16H,3-4,17-18H2,1-2H3,(H,27,29)(H,28,30). The van der Waals surface area contributed by atoms with Crippen molar-refractivity contribution in [1.82, 2.24) is 10.6 Å². The molecule has 6 heteroatoms. The average Bonchev–Trinajstić information content (AvgIpc) is 2.83. The van der Waals surface area contributed by atoms with E-state index < -0.39 is 0 Å². The minimum absolute atomic E-state index is 0.139. The van der Waals surface area contributed by atoms with Gasteiger partial charge in [0.2, 0.25) is 0 Å². The summed E-state index contributed by atoms with van der Waals surface area (Å²) in [5, 5.41) is 5.82. The molecule has 166 valence electrons. The van der Waals surface area contributed by atoms with Crippen LogP contribution in [0.4, 0.5) is 0 Å². The van der Waals surface area contributed by atoms with E-state index in [1.54, 1.807) is 48.5 Å². The SMILES string of the molecule is CCOc1ccc(C(=O)NCc2ccc(CNC(=O)c3ccc(OCC)cc3)cc2)cc1. The lowest BCUT2D eigenvalue weighted by Crippen LogP contribution is -2.23. The highest BCUT2D eigenvalue weighted by molar-refractivity contribution is 5.94. The van der Waals surface area contributed by atoms with Gasteiger partial charge in [0, 0.05) is 24.2 Å². The number of amides is 2. The number of benzene rings is 3. The zero-order valence-corrected chi connectivity index (χ0v) is 18.4. The molecule has 0 aliphatic heterocycles. The van der Waals surface area contributed by atoms with Gasteiger partial charge in [-0.1, -0.05) is 24.3 Å². The second-order valence-electron chi connectivity index (χ2n) is 7.10. The molecule has 0 heterocycles. The Bertz CT molecular complexity index is 929. The van der Waals surface area contributed by atoms with Gasteiger partial charge in [-0.25, -0.2) is 0 Å². The molecule has 3 aromatic carbocycles. The molecule has 6 nitrogen and oxygen atoms in total. The van der Waals surface area contributed by atoms with Crippen molar-refractivity contribution < 1.29 is 19.1 Å². The molecule has 3 aromatic rings. The highest BCUT2D eigenvalue weighted by Crippen LogP contribution is 2.13. The summed E-state index contributed by atoms with van der Waals surface area (Å²) in [6.07, 6.45) is 0. The van der Waals surface area contributed by atoms with E-state index in [-0.39, 0.29) is 11.8 Å². The first-order valence-electron chi connectivity index (χ1n) is 10.7. The summed E-state index contributed by atoms with van der Waals surface area (Å²) in [6.45, 7) is 5.86. The summed E-state index contributed by atoms with van der Waals surface area (Å²) < 4.78 is 10.8. The molecule has 2 N–H and O–H groups in total. The Morgan fingerprint density at radius 2 is 0.938 bits per heavy atom. The average molecular weight is 433 g/mol. The molecule has 0 saturated heterocycles. The first-order valence-corrected chi connectivity index (χ1v) is 10.7. The van der Waals surface area contributed by atoms with Gasteiger partial charge in [0.25, 0.3) is 11.8 Å². The quantitative estimate of drug-likeness (QED) is 0.500. The van der Waals surface area contributed by atoms with Crippen LogP contribution >= 0.6 is 0 Å². The third kappa shape index (κ3) is 6.60. The molecule has 0 unspecified atom stereocenters. The fourth-order valence-corrected chi connectivity index (χ4v) is 3.08. The third-order valence-electron chi connectivity index (χ3n) is 4.78. The summed E-state index contributed by atoms with van der Waals surface area (Å²) in [7, 11) is 0. The van der Waals surface area contributed by atoms with E-state index in [9.17, 15) is 9.59 Å². The maximum atomic E-state index is 12.3. The van der Waals surface area contributed by atoms with Crippen LogP contribution in [-0.2, 0) is 13.1 Å². The number of ether oxygens (including phenoxy) is 2. The normalized spacial score (nSPS) is 10.3. The predicted octanol–water partition coefficient (Wildman–Crippen LogP) is 4.34. The Labute approximate surface area is 188 Å². The van der Waals surface area contributed by atoms with E-state index in [1.807, 2.05) is 38.1 Å². The smallest absolute Gasteiger partial charge is 0.251 e. The molecule has 0 aliphatic rings. The fourth-order valence-electron chi connectivity index (χ4n) is 3.08. The maximum absolute atomic E-state index is 12.3. The van der Waals surface area contributed by atoms with Crippen molar-refractivity contribution in [2.24, 2.45) is 0 Å². The molecule has 32 heavy (non-hydrogen) atoms. The largest absolute Gasteiger partial charge is 0.494 e. The molecule has 0 fully saturated rings. The first kappa shape index (κ1) is 22.9. The van der Waals surface area contributed by atoms with Crippen LogP contribution < -0.4 is 20.1 Å². The Morgan fingerprint density at radius 1 is 0.594 bits per heavy atom. The second-order valence-corrected chi connectivity index (χ2v) is 7.10. The highest BCUT2D eigenvalue weighted by Gasteiger charge is 2.07. The summed E-state index contributed by atoms with van der Waals surface area (Å²) in [5.74, 6) is 1.21.